The van der Waals surface area contributed by atoms with E-state index >= 15 is 0 Å². The third-order valence-electron chi connectivity index (χ3n) is 2.28. The Morgan fingerprint density at radius 3 is 2.56 bits per heavy atom. The average molecular weight is 266 g/mol. The van der Waals surface area contributed by atoms with Gasteiger partial charge in [0.1, 0.15) is 6.54 Å². The first kappa shape index (κ1) is 14.7. The first-order valence-corrected chi connectivity index (χ1v) is 5.45. The van der Waals surface area contributed by atoms with Crippen LogP contribution in [0.1, 0.15) is 18.9 Å². The number of aliphatic hydroxyl groups is 1. The SMILES string of the molecule is CCCN(CC(F)(F)F)c1nccc(CO)c1F. The molecule has 102 valence electrons. The van der Waals surface area contributed by atoms with Gasteiger partial charge in [0.15, 0.2) is 11.6 Å². The molecule has 3 nitrogen and oxygen atoms in total. The van der Waals surface area contributed by atoms with Crippen LogP contribution in [0.3, 0.4) is 0 Å². The number of hydrogen-bond donors (Lipinski definition) is 1. The minimum absolute atomic E-state index is 0.0400. The van der Waals surface area contributed by atoms with E-state index in [-0.39, 0.29) is 17.9 Å². The van der Waals surface area contributed by atoms with Crippen molar-refractivity contribution >= 4 is 5.82 Å². The fourth-order valence-electron chi connectivity index (χ4n) is 1.56. The fourth-order valence-corrected chi connectivity index (χ4v) is 1.56. The van der Waals surface area contributed by atoms with E-state index in [0.717, 1.165) is 4.90 Å². The van der Waals surface area contributed by atoms with Gasteiger partial charge >= 0.3 is 6.18 Å². The molecule has 0 saturated carbocycles. The summed E-state index contributed by atoms with van der Waals surface area (Å²) in [6.45, 7) is -0.109. The average Bonchev–Trinajstić information content (AvgIpc) is 2.27. The Morgan fingerprint density at radius 1 is 1.39 bits per heavy atom. The Morgan fingerprint density at radius 2 is 2.06 bits per heavy atom. The molecule has 0 spiro atoms. The van der Waals surface area contributed by atoms with Gasteiger partial charge < -0.3 is 10.0 Å². The molecule has 0 amide bonds. The maximum Gasteiger partial charge on any atom is 0.405 e. The second kappa shape index (κ2) is 5.99. The molecule has 0 unspecified atom stereocenters. The van der Waals surface area contributed by atoms with E-state index in [2.05, 4.69) is 4.98 Å². The van der Waals surface area contributed by atoms with Crippen molar-refractivity contribution in [3.05, 3.63) is 23.6 Å². The van der Waals surface area contributed by atoms with Crippen LogP contribution in [0, 0.1) is 5.82 Å². The molecule has 0 fully saturated rings. The lowest BCUT2D eigenvalue weighted by molar-refractivity contribution is -0.119. The zero-order chi connectivity index (χ0) is 13.8. The van der Waals surface area contributed by atoms with Gasteiger partial charge in [0.2, 0.25) is 0 Å². The van der Waals surface area contributed by atoms with Crippen molar-refractivity contribution in [2.75, 3.05) is 18.0 Å². The number of hydrogen-bond acceptors (Lipinski definition) is 3. The van der Waals surface area contributed by atoms with Crippen LogP contribution < -0.4 is 4.90 Å². The summed E-state index contributed by atoms with van der Waals surface area (Å²) in [4.78, 5) is 4.46. The highest BCUT2D eigenvalue weighted by molar-refractivity contribution is 5.43. The number of nitrogens with zero attached hydrogens (tertiary/aromatic N) is 2. The molecular weight excluding hydrogens is 252 g/mol. The van der Waals surface area contributed by atoms with E-state index in [1.54, 1.807) is 6.92 Å². The molecule has 1 aromatic rings. The Kier molecular flexibility index (Phi) is 4.89. The molecular formula is C11H14F4N2O. The molecule has 7 heteroatoms. The van der Waals surface area contributed by atoms with E-state index in [1.807, 2.05) is 0 Å². The lowest BCUT2D eigenvalue weighted by Gasteiger charge is -2.25. The first-order chi connectivity index (χ1) is 8.39. The van der Waals surface area contributed by atoms with Gasteiger partial charge in [-0.1, -0.05) is 6.92 Å². The number of halogens is 4. The minimum atomic E-state index is -4.43. The van der Waals surface area contributed by atoms with Crippen LogP contribution in [0.15, 0.2) is 12.3 Å². The predicted octanol–water partition coefficient (Wildman–Crippen LogP) is 2.49. The molecule has 1 aromatic heterocycles. The fraction of sp³-hybridized carbons (Fsp3) is 0.545. The second-order valence-corrected chi connectivity index (χ2v) is 3.80. The number of aromatic nitrogens is 1. The van der Waals surface area contributed by atoms with Crippen molar-refractivity contribution < 1.29 is 22.7 Å². The van der Waals surface area contributed by atoms with E-state index in [4.69, 9.17) is 5.11 Å². The van der Waals surface area contributed by atoms with Gasteiger partial charge in [0.05, 0.1) is 6.61 Å². The van der Waals surface area contributed by atoms with Gasteiger partial charge in [-0.2, -0.15) is 13.2 Å². The molecule has 0 radical (unpaired) electrons. The molecule has 0 aliphatic heterocycles. The molecule has 0 aliphatic carbocycles. The highest BCUT2D eigenvalue weighted by Gasteiger charge is 2.32. The number of anilines is 1. The number of pyridine rings is 1. The normalized spacial score (nSPS) is 11.7. The van der Waals surface area contributed by atoms with Crippen molar-refractivity contribution in [1.82, 2.24) is 4.98 Å². The van der Waals surface area contributed by atoms with Gasteiger partial charge in [0.25, 0.3) is 0 Å². The molecule has 0 saturated heterocycles. The van der Waals surface area contributed by atoms with E-state index < -0.39 is 25.1 Å². The molecule has 1 N–H and O–H groups in total. The van der Waals surface area contributed by atoms with Gasteiger partial charge in [-0.25, -0.2) is 9.37 Å². The van der Waals surface area contributed by atoms with Gasteiger partial charge in [-0.3, -0.25) is 0 Å². The molecule has 0 aromatic carbocycles. The topological polar surface area (TPSA) is 36.4 Å². The Hall–Kier alpha value is -1.37. The zero-order valence-electron chi connectivity index (χ0n) is 9.84. The van der Waals surface area contributed by atoms with E-state index in [1.165, 1.54) is 12.3 Å². The largest absolute Gasteiger partial charge is 0.405 e. The van der Waals surface area contributed by atoms with Crippen molar-refractivity contribution in [2.24, 2.45) is 0 Å². The molecule has 0 atom stereocenters. The highest BCUT2D eigenvalue weighted by atomic mass is 19.4. The summed E-state index contributed by atoms with van der Waals surface area (Å²) in [5.41, 5.74) is -0.0664. The van der Waals surface area contributed by atoms with Crippen LogP contribution in [0.4, 0.5) is 23.4 Å². The van der Waals surface area contributed by atoms with Crippen LogP contribution in [0.2, 0.25) is 0 Å². The number of alkyl halides is 3. The molecule has 1 rings (SSSR count). The van der Waals surface area contributed by atoms with Crippen LogP contribution in [0.5, 0.6) is 0 Å². The Bertz CT molecular complexity index is 395. The third-order valence-corrected chi connectivity index (χ3v) is 2.28. The summed E-state index contributed by atoms with van der Waals surface area (Å²) in [5, 5.41) is 8.88. The number of rotatable bonds is 5. The van der Waals surface area contributed by atoms with Crippen molar-refractivity contribution in [3.8, 4) is 0 Å². The summed E-state index contributed by atoms with van der Waals surface area (Å²) in [7, 11) is 0. The summed E-state index contributed by atoms with van der Waals surface area (Å²) in [5.74, 6) is -1.28. The molecule has 1 heterocycles. The second-order valence-electron chi connectivity index (χ2n) is 3.80. The smallest absolute Gasteiger partial charge is 0.392 e. The van der Waals surface area contributed by atoms with E-state index in [0.29, 0.717) is 6.42 Å². The Balaban J connectivity index is 3.05. The molecule has 0 bridgehead atoms. The summed E-state index contributed by atoms with van der Waals surface area (Å²) >= 11 is 0. The maximum atomic E-state index is 13.8. The third kappa shape index (κ3) is 3.83. The quantitative estimate of drug-likeness (QED) is 0.832. The molecule has 18 heavy (non-hydrogen) atoms. The van der Waals surface area contributed by atoms with Gasteiger partial charge in [-0.05, 0) is 12.5 Å². The first-order valence-electron chi connectivity index (χ1n) is 5.45. The van der Waals surface area contributed by atoms with E-state index in [9.17, 15) is 17.6 Å². The lowest BCUT2D eigenvalue weighted by Crippen LogP contribution is -2.36. The van der Waals surface area contributed by atoms with Crippen LogP contribution >= 0.6 is 0 Å². The monoisotopic (exact) mass is 266 g/mol. The van der Waals surface area contributed by atoms with Crippen molar-refractivity contribution in [3.63, 3.8) is 0 Å². The zero-order valence-corrected chi connectivity index (χ0v) is 9.84. The predicted molar refractivity (Wildman–Crippen MR) is 58.7 cm³/mol. The summed E-state index contributed by atoms with van der Waals surface area (Å²) in [6.07, 6.45) is -2.82. The van der Waals surface area contributed by atoms with Gasteiger partial charge in [-0.15, -0.1) is 0 Å². The standard InChI is InChI=1S/C11H14F4N2O/c1-2-5-17(7-11(13,14)15)10-9(12)8(6-18)3-4-16-10/h3-4,18H,2,5-7H2,1H3. The summed E-state index contributed by atoms with van der Waals surface area (Å²) < 4.78 is 51.0. The van der Waals surface area contributed by atoms with Crippen LogP contribution in [-0.4, -0.2) is 29.4 Å². The summed E-state index contributed by atoms with van der Waals surface area (Å²) in [6, 6.07) is 1.23. The van der Waals surface area contributed by atoms with Gasteiger partial charge in [0, 0.05) is 18.3 Å². The maximum absolute atomic E-state index is 13.8. The van der Waals surface area contributed by atoms with Crippen molar-refractivity contribution in [1.29, 1.82) is 0 Å². The molecule has 0 aliphatic rings. The van der Waals surface area contributed by atoms with Crippen LogP contribution in [-0.2, 0) is 6.61 Å². The lowest BCUT2D eigenvalue weighted by atomic mass is 10.2. The Labute approximate surface area is 102 Å². The minimum Gasteiger partial charge on any atom is -0.392 e. The highest BCUT2D eigenvalue weighted by Crippen LogP contribution is 2.24. The van der Waals surface area contributed by atoms with Crippen molar-refractivity contribution in [2.45, 2.75) is 26.1 Å². The van der Waals surface area contributed by atoms with Crippen LogP contribution in [0.25, 0.3) is 0 Å². The number of aliphatic hydroxyl groups excluding tert-OH is 1.